The fraction of sp³-hybridized carbons (Fsp3) is 1.00. The summed E-state index contributed by atoms with van der Waals surface area (Å²) in [6.07, 6.45) is 3.02. The first kappa shape index (κ1) is 10.6. The Kier molecular flexibility index (Phi) is 4.73. The molecule has 0 radical (unpaired) electrons. The van der Waals surface area contributed by atoms with Gasteiger partial charge in [0, 0.05) is 0 Å². The van der Waals surface area contributed by atoms with Crippen LogP contribution in [-0.4, -0.2) is 19.6 Å². The van der Waals surface area contributed by atoms with E-state index in [1.54, 1.807) is 12.1 Å². The lowest BCUT2D eigenvalue weighted by Crippen LogP contribution is -2.33. The lowest BCUT2D eigenvalue weighted by Gasteiger charge is -2.31. The molecule has 1 rings (SSSR count). The summed E-state index contributed by atoms with van der Waals surface area (Å²) in [5.41, 5.74) is 0. The third kappa shape index (κ3) is 2.81. The van der Waals surface area contributed by atoms with Crippen molar-refractivity contribution in [1.29, 1.82) is 0 Å². The highest BCUT2D eigenvalue weighted by atomic mass is 32.2. The maximum atomic E-state index is 2.43. The number of hydrogen-bond donors (Lipinski definition) is 0. The highest BCUT2D eigenvalue weighted by Crippen LogP contribution is 2.31. The number of hydrogen-bond acceptors (Lipinski definition) is 1. The SMILES string of the molecule is CC[Si]1(CC)CCCSCCC1. The van der Waals surface area contributed by atoms with Gasteiger partial charge in [-0.25, -0.2) is 0 Å². The molecule has 0 amide bonds. The lowest BCUT2D eigenvalue weighted by atomic mass is 10.5. The lowest BCUT2D eigenvalue weighted by molar-refractivity contribution is 0.936. The Morgan fingerprint density at radius 2 is 1.50 bits per heavy atom. The zero-order valence-electron chi connectivity index (χ0n) is 8.57. The van der Waals surface area contributed by atoms with Crippen LogP contribution >= 0.6 is 11.8 Å². The first-order chi connectivity index (χ1) is 5.83. The Bertz CT molecular complexity index is 111. The molecule has 0 aromatic carbocycles. The fourth-order valence-corrected chi connectivity index (χ4v) is 7.71. The van der Waals surface area contributed by atoms with Gasteiger partial charge in [-0.3, -0.25) is 0 Å². The van der Waals surface area contributed by atoms with Crippen molar-refractivity contribution in [3.05, 3.63) is 0 Å². The second kappa shape index (κ2) is 5.33. The first-order valence-corrected chi connectivity index (χ1v) is 9.39. The van der Waals surface area contributed by atoms with E-state index in [1.165, 1.54) is 36.4 Å². The molecule has 0 aliphatic carbocycles. The summed E-state index contributed by atoms with van der Waals surface area (Å²) in [4.78, 5) is 0. The van der Waals surface area contributed by atoms with E-state index in [-0.39, 0.29) is 0 Å². The minimum absolute atomic E-state index is 0.726. The van der Waals surface area contributed by atoms with E-state index in [0.717, 1.165) is 0 Å². The molecule has 0 unspecified atom stereocenters. The molecule has 0 bridgehead atoms. The zero-order valence-corrected chi connectivity index (χ0v) is 10.4. The van der Waals surface area contributed by atoms with Crippen LogP contribution in [0.3, 0.4) is 0 Å². The van der Waals surface area contributed by atoms with Crippen LogP contribution in [0, 0.1) is 0 Å². The van der Waals surface area contributed by atoms with Gasteiger partial charge in [0.1, 0.15) is 0 Å². The fourth-order valence-electron chi connectivity index (χ4n) is 2.28. The average molecular weight is 202 g/mol. The van der Waals surface area contributed by atoms with Gasteiger partial charge in [-0.05, 0) is 24.3 Å². The van der Waals surface area contributed by atoms with Gasteiger partial charge < -0.3 is 0 Å². The Morgan fingerprint density at radius 1 is 1.00 bits per heavy atom. The minimum Gasteiger partial charge on any atom is -0.162 e. The summed E-state index contributed by atoms with van der Waals surface area (Å²) in [6, 6.07) is 6.31. The standard InChI is InChI=1S/C10H22SSi/c1-3-12(4-2)9-5-7-11-8-6-10-12/h3-10H2,1-2H3. The molecule has 0 aromatic rings. The van der Waals surface area contributed by atoms with Crippen LogP contribution in [0.5, 0.6) is 0 Å². The highest BCUT2D eigenvalue weighted by molar-refractivity contribution is 7.99. The van der Waals surface area contributed by atoms with Gasteiger partial charge in [0.05, 0.1) is 8.07 Å². The van der Waals surface area contributed by atoms with Gasteiger partial charge >= 0.3 is 0 Å². The second-order valence-electron chi connectivity index (χ2n) is 4.03. The maximum absolute atomic E-state index is 2.43. The molecule has 12 heavy (non-hydrogen) atoms. The molecule has 72 valence electrons. The largest absolute Gasteiger partial charge is 0.162 e. The summed E-state index contributed by atoms with van der Waals surface area (Å²) in [7, 11) is -0.726. The van der Waals surface area contributed by atoms with E-state index in [1.807, 2.05) is 0 Å². The predicted molar refractivity (Wildman–Crippen MR) is 62.9 cm³/mol. The summed E-state index contributed by atoms with van der Waals surface area (Å²) in [6.45, 7) is 4.87. The van der Waals surface area contributed by atoms with Gasteiger partial charge in [-0.15, -0.1) is 0 Å². The van der Waals surface area contributed by atoms with Crippen LogP contribution in [-0.2, 0) is 0 Å². The topological polar surface area (TPSA) is 0 Å². The van der Waals surface area contributed by atoms with Crippen molar-refractivity contribution in [3.8, 4) is 0 Å². The van der Waals surface area contributed by atoms with Crippen molar-refractivity contribution < 1.29 is 0 Å². The molecule has 1 saturated heterocycles. The van der Waals surface area contributed by atoms with Crippen molar-refractivity contribution in [2.75, 3.05) is 11.5 Å². The zero-order chi connectivity index (χ0) is 8.86. The van der Waals surface area contributed by atoms with E-state index in [9.17, 15) is 0 Å². The second-order valence-corrected chi connectivity index (χ2v) is 10.7. The van der Waals surface area contributed by atoms with Gasteiger partial charge in [0.15, 0.2) is 0 Å². The molecule has 1 aliphatic heterocycles. The van der Waals surface area contributed by atoms with Crippen LogP contribution < -0.4 is 0 Å². The molecule has 0 saturated carbocycles. The Balaban J connectivity index is 2.45. The van der Waals surface area contributed by atoms with E-state index < -0.39 is 8.07 Å². The van der Waals surface area contributed by atoms with E-state index in [0.29, 0.717) is 0 Å². The molecular weight excluding hydrogens is 180 g/mol. The Labute approximate surface area is 82.5 Å². The predicted octanol–water partition coefficient (Wildman–Crippen LogP) is 4.00. The van der Waals surface area contributed by atoms with Crippen molar-refractivity contribution in [2.24, 2.45) is 0 Å². The average Bonchev–Trinajstić information content (AvgIpc) is 2.06. The molecule has 2 heteroatoms. The molecule has 1 aliphatic rings. The number of thioether (sulfide) groups is 1. The number of rotatable bonds is 2. The highest BCUT2D eigenvalue weighted by Gasteiger charge is 2.28. The maximum Gasteiger partial charge on any atom is 0.0531 e. The molecular formula is C10H22SSi. The molecule has 1 heterocycles. The van der Waals surface area contributed by atoms with Crippen molar-refractivity contribution in [1.82, 2.24) is 0 Å². The third-order valence-electron chi connectivity index (χ3n) is 3.49. The Hall–Kier alpha value is 0.567. The smallest absolute Gasteiger partial charge is 0.0531 e. The van der Waals surface area contributed by atoms with Crippen LogP contribution in [0.1, 0.15) is 26.7 Å². The molecule has 0 aromatic heterocycles. The molecule has 0 N–H and O–H groups in total. The van der Waals surface area contributed by atoms with E-state index in [4.69, 9.17) is 0 Å². The van der Waals surface area contributed by atoms with Crippen molar-refractivity contribution in [3.63, 3.8) is 0 Å². The van der Waals surface area contributed by atoms with Crippen LogP contribution in [0.15, 0.2) is 0 Å². The molecule has 1 fully saturated rings. The van der Waals surface area contributed by atoms with Crippen molar-refractivity contribution >= 4 is 19.8 Å². The summed E-state index contributed by atoms with van der Waals surface area (Å²) < 4.78 is 0. The van der Waals surface area contributed by atoms with Gasteiger partial charge in [0.25, 0.3) is 0 Å². The normalized spacial score (nSPS) is 24.5. The van der Waals surface area contributed by atoms with Crippen molar-refractivity contribution in [2.45, 2.75) is 50.9 Å². The van der Waals surface area contributed by atoms with E-state index in [2.05, 4.69) is 25.6 Å². The van der Waals surface area contributed by atoms with Crippen LogP contribution in [0.25, 0.3) is 0 Å². The van der Waals surface area contributed by atoms with Crippen LogP contribution in [0.2, 0.25) is 24.2 Å². The first-order valence-electron chi connectivity index (χ1n) is 5.41. The molecule has 0 spiro atoms. The summed E-state index contributed by atoms with van der Waals surface area (Å²) in [5.74, 6) is 2.88. The van der Waals surface area contributed by atoms with E-state index >= 15 is 0 Å². The van der Waals surface area contributed by atoms with Crippen LogP contribution in [0.4, 0.5) is 0 Å². The summed E-state index contributed by atoms with van der Waals surface area (Å²) >= 11 is 2.17. The quantitative estimate of drug-likeness (QED) is 0.610. The third-order valence-corrected chi connectivity index (χ3v) is 10.5. The summed E-state index contributed by atoms with van der Waals surface area (Å²) in [5, 5.41) is 0. The van der Waals surface area contributed by atoms with Gasteiger partial charge in [-0.1, -0.05) is 38.0 Å². The molecule has 0 nitrogen and oxygen atoms in total. The molecule has 0 atom stereocenters. The Morgan fingerprint density at radius 3 is 1.92 bits per heavy atom. The minimum atomic E-state index is -0.726. The van der Waals surface area contributed by atoms with Gasteiger partial charge in [-0.2, -0.15) is 11.8 Å². The van der Waals surface area contributed by atoms with Gasteiger partial charge in [0.2, 0.25) is 0 Å². The monoisotopic (exact) mass is 202 g/mol.